The minimum Gasteiger partial charge on any atom is -0.456 e. The number of para-hydroxylation sites is 3. The van der Waals surface area contributed by atoms with Gasteiger partial charge >= 0.3 is 0 Å². The summed E-state index contributed by atoms with van der Waals surface area (Å²) in [5.74, 6) is 1.45. The van der Waals surface area contributed by atoms with E-state index in [1.165, 1.54) is 0 Å². The van der Waals surface area contributed by atoms with Crippen LogP contribution >= 0.6 is 0 Å². The van der Waals surface area contributed by atoms with Gasteiger partial charge in [-0.15, -0.1) is 0 Å². The normalized spacial score (nSPS) is 12.6. The molecule has 0 saturated heterocycles. The SMILES string of the molecule is [2H]c1c([2H])c([2H])c2c(c1[2H])c1cccc(-c3ccc(-c4ccccc4)cc3)c1n2-c1cccc(-c2nc(-c3ccccc3)nc(-c3ccc4c(c3)oc3ccccc34)n2)c1. The Morgan fingerprint density at radius 1 is 0.411 bits per heavy atom. The minimum atomic E-state index is -0.294. The molecular formula is C51H32N4O. The lowest BCUT2D eigenvalue weighted by atomic mass is 9.98. The number of nitrogens with zero attached hydrogens (tertiary/aromatic N) is 4. The second-order valence-corrected chi connectivity index (χ2v) is 13.7. The standard InChI is InChI=1S/C51H32N4O/c1-3-13-33(14-4-1)34-25-27-35(28-26-34)40-21-12-22-44-41-19-7-9-23-45(41)55(48(40)44)39-18-11-17-37(31-39)50-52-49(36-15-5-2-6-16-36)53-51(54-50)38-29-30-43-42-20-8-10-24-46(42)56-47(43)32-38/h1-32H/i7D,9D,19D,23D. The molecule has 0 aliphatic heterocycles. The van der Waals surface area contributed by atoms with E-state index < -0.39 is 0 Å². The molecule has 8 aromatic carbocycles. The zero-order chi connectivity index (χ0) is 40.5. The highest BCUT2D eigenvalue weighted by atomic mass is 16.3. The molecule has 0 atom stereocenters. The molecule has 0 aliphatic rings. The van der Waals surface area contributed by atoms with E-state index in [4.69, 9.17) is 23.5 Å². The van der Waals surface area contributed by atoms with Crippen molar-refractivity contribution in [3.8, 4) is 62.1 Å². The Labute approximate surface area is 328 Å². The summed E-state index contributed by atoms with van der Waals surface area (Å²) < 4.78 is 44.0. The molecule has 0 amide bonds. The van der Waals surface area contributed by atoms with Crippen LogP contribution in [0.1, 0.15) is 5.48 Å². The van der Waals surface area contributed by atoms with Crippen LogP contribution in [0.25, 0.3) is 106 Å². The molecular weight excluding hydrogens is 685 g/mol. The van der Waals surface area contributed by atoms with Gasteiger partial charge in [0.2, 0.25) is 0 Å². The van der Waals surface area contributed by atoms with Crippen LogP contribution in [0.4, 0.5) is 0 Å². The molecule has 11 rings (SSSR count). The molecule has 5 heteroatoms. The second-order valence-electron chi connectivity index (χ2n) is 13.7. The largest absolute Gasteiger partial charge is 0.456 e. The molecule has 0 aliphatic carbocycles. The number of hydrogen-bond acceptors (Lipinski definition) is 4. The fraction of sp³-hybridized carbons (Fsp3) is 0. The molecule has 0 N–H and O–H groups in total. The molecule has 3 aromatic heterocycles. The Hall–Kier alpha value is -7.63. The second kappa shape index (κ2) is 13.0. The van der Waals surface area contributed by atoms with Crippen LogP contribution in [0.3, 0.4) is 0 Å². The first-order chi connectivity index (χ1) is 29.4. The van der Waals surface area contributed by atoms with Gasteiger partial charge in [-0.25, -0.2) is 15.0 Å². The van der Waals surface area contributed by atoms with Crippen LogP contribution in [0.15, 0.2) is 198 Å². The van der Waals surface area contributed by atoms with Crippen LogP contribution in [-0.2, 0) is 0 Å². The summed E-state index contributed by atoms with van der Waals surface area (Å²) in [7, 11) is 0. The van der Waals surface area contributed by atoms with Gasteiger partial charge in [-0.2, -0.15) is 0 Å². The van der Waals surface area contributed by atoms with Crippen molar-refractivity contribution < 1.29 is 9.90 Å². The molecule has 0 fully saturated rings. The summed E-state index contributed by atoms with van der Waals surface area (Å²) in [5.41, 5.74) is 9.76. The zero-order valence-electron chi connectivity index (χ0n) is 33.9. The van der Waals surface area contributed by atoms with Gasteiger partial charge in [0.1, 0.15) is 11.2 Å². The highest BCUT2D eigenvalue weighted by molar-refractivity contribution is 6.14. The van der Waals surface area contributed by atoms with E-state index in [-0.39, 0.29) is 24.2 Å². The van der Waals surface area contributed by atoms with Gasteiger partial charge in [0.25, 0.3) is 0 Å². The van der Waals surface area contributed by atoms with Gasteiger partial charge in [-0.3, -0.25) is 0 Å². The van der Waals surface area contributed by atoms with E-state index in [1.807, 2.05) is 132 Å². The molecule has 0 bridgehead atoms. The van der Waals surface area contributed by atoms with Crippen LogP contribution in [0.2, 0.25) is 0 Å². The summed E-state index contributed by atoms with van der Waals surface area (Å²) in [6.45, 7) is 0. The van der Waals surface area contributed by atoms with E-state index in [0.29, 0.717) is 39.6 Å². The van der Waals surface area contributed by atoms with Crippen molar-refractivity contribution in [1.29, 1.82) is 0 Å². The van der Waals surface area contributed by atoms with Gasteiger partial charge in [0, 0.05) is 49.5 Å². The Bertz CT molecular complexity index is 3470. The third-order valence-corrected chi connectivity index (χ3v) is 10.4. The smallest absolute Gasteiger partial charge is 0.164 e. The van der Waals surface area contributed by atoms with Crippen molar-refractivity contribution in [2.75, 3.05) is 0 Å². The first-order valence-electron chi connectivity index (χ1n) is 20.4. The van der Waals surface area contributed by atoms with Crippen molar-refractivity contribution in [1.82, 2.24) is 19.5 Å². The third-order valence-electron chi connectivity index (χ3n) is 10.4. The van der Waals surface area contributed by atoms with Crippen molar-refractivity contribution in [2.24, 2.45) is 0 Å². The number of rotatable bonds is 6. The molecule has 0 unspecified atom stereocenters. The first kappa shape index (κ1) is 27.9. The van der Waals surface area contributed by atoms with Gasteiger partial charge in [0.05, 0.1) is 16.5 Å². The number of aromatic nitrogens is 4. The lowest BCUT2D eigenvalue weighted by Gasteiger charge is -2.14. The van der Waals surface area contributed by atoms with Crippen molar-refractivity contribution >= 4 is 43.7 Å². The zero-order valence-corrected chi connectivity index (χ0v) is 29.9. The third kappa shape index (κ3) is 5.37. The Morgan fingerprint density at radius 3 is 1.79 bits per heavy atom. The fourth-order valence-corrected chi connectivity index (χ4v) is 7.73. The van der Waals surface area contributed by atoms with Gasteiger partial charge in [0.15, 0.2) is 17.5 Å². The van der Waals surface area contributed by atoms with Gasteiger partial charge in [-0.1, -0.05) is 158 Å². The highest BCUT2D eigenvalue weighted by Gasteiger charge is 2.19. The van der Waals surface area contributed by atoms with Crippen LogP contribution in [0, 0.1) is 0 Å². The molecule has 11 aromatic rings. The van der Waals surface area contributed by atoms with Crippen LogP contribution in [-0.4, -0.2) is 19.5 Å². The summed E-state index contributed by atoms with van der Waals surface area (Å²) in [5, 5.41) is 3.23. The maximum absolute atomic E-state index is 9.25. The van der Waals surface area contributed by atoms with Gasteiger partial charge in [-0.05, 0) is 53.1 Å². The number of hydrogen-bond donors (Lipinski definition) is 0. The van der Waals surface area contributed by atoms with E-state index in [2.05, 4.69) is 42.5 Å². The van der Waals surface area contributed by atoms with Crippen molar-refractivity contribution in [3.63, 3.8) is 0 Å². The maximum atomic E-state index is 9.25. The van der Waals surface area contributed by atoms with E-state index in [0.717, 1.165) is 66.2 Å². The number of furan rings is 1. The molecule has 0 saturated carbocycles. The lowest BCUT2D eigenvalue weighted by Crippen LogP contribution is -2.01. The molecule has 56 heavy (non-hydrogen) atoms. The van der Waals surface area contributed by atoms with E-state index >= 15 is 0 Å². The monoisotopic (exact) mass is 720 g/mol. The van der Waals surface area contributed by atoms with E-state index in [9.17, 15) is 1.37 Å². The molecule has 262 valence electrons. The average Bonchev–Trinajstić information content (AvgIpc) is 3.87. The Kier molecular flexibility index (Phi) is 6.50. The summed E-state index contributed by atoms with van der Waals surface area (Å²) in [6, 6.07) is 55.4. The molecule has 5 nitrogen and oxygen atoms in total. The first-order valence-corrected chi connectivity index (χ1v) is 18.4. The minimum absolute atomic E-state index is 0.0847. The quantitative estimate of drug-likeness (QED) is 0.172. The van der Waals surface area contributed by atoms with Gasteiger partial charge < -0.3 is 8.98 Å². The Morgan fingerprint density at radius 2 is 0.982 bits per heavy atom. The van der Waals surface area contributed by atoms with Crippen LogP contribution < -0.4 is 0 Å². The number of benzene rings is 8. The fourth-order valence-electron chi connectivity index (χ4n) is 7.73. The Balaban J connectivity index is 1.12. The van der Waals surface area contributed by atoms with Crippen molar-refractivity contribution in [2.45, 2.75) is 0 Å². The predicted molar refractivity (Wildman–Crippen MR) is 229 cm³/mol. The molecule has 3 heterocycles. The topological polar surface area (TPSA) is 56.7 Å². The van der Waals surface area contributed by atoms with E-state index in [1.54, 1.807) is 0 Å². The highest BCUT2D eigenvalue weighted by Crippen LogP contribution is 2.39. The number of fused-ring (bicyclic) bond motifs is 6. The predicted octanol–water partition coefficient (Wildman–Crippen LogP) is 13.2. The molecule has 0 radical (unpaired) electrons. The average molecular weight is 721 g/mol. The lowest BCUT2D eigenvalue weighted by molar-refractivity contribution is 0.669. The summed E-state index contributed by atoms with van der Waals surface area (Å²) in [6.07, 6.45) is 0. The summed E-state index contributed by atoms with van der Waals surface area (Å²) in [4.78, 5) is 15.1. The molecule has 0 spiro atoms. The van der Waals surface area contributed by atoms with Crippen molar-refractivity contribution in [3.05, 3.63) is 194 Å². The van der Waals surface area contributed by atoms with Crippen LogP contribution in [0.5, 0.6) is 0 Å². The summed E-state index contributed by atoms with van der Waals surface area (Å²) >= 11 is 0. The maximum Gasteiger partial charge on any atom is 0.164 e.